The van der Waals surface area contributed by atoms with Gasteiger partial charge in [-0.15, -0.1) is 5.10 Å². The normalized spacial score (nSPS) is 30.5. The van der Waals surface area contributed by atoms with Crippen molar-refractivity contribution < 1.29 is 24.2 Å². The van der Waals surface area contributed by atoms with Crippen molar-refractivity contribution in [1.82, 2.24) is 14.8 Å². The maximum atomic E-state index is 11.1. The molecule has 1 aliphatic heterocycles. The van der Waals surface area contributed by atoms with E-state index in [1.807, 2.05) is 0 Å². The van der Waals surface area contributed by atoms with Crippen LogP contribution in [0.25, 0.3) is 0 Å². The van der Waals surface area contributed by atoms with Gasteiger partial charge in [-0.3, -0.25) is 4.79 Å². The zero-order valence-electron chi connectivity index (χ0n) is 11.9. The van der Waals surface area contributed by atoms with Crippen molar-refractivity contribution in [3.05, 3.63) is 12.2 Å². The third kappa shape index (κ3) is 2.87. The van der Waals surface area contributed by atoms with Gasteiger partial charge in [-0.05, 0) is 12.8 Å². The number of ether oxygens (including phenoxy) is 2. The number of aromatic nitrogens is 3. The van der Waals surface area contributed by atoms with Gasteiger partial charge in [0.05, 0.1) is 0 Å². The topological polar surface area (TPSA) is 130 Å². The molecule has 0 aromatic carbocycles. The molecule has 0 radical (unpaired) electrons. The molecule has 2 heterocycles. The highest BCUT2D eigenvalue weighted by Crippen LogP contribution is 2.38. The number of primary amides is 1. The molecule has 1 saturated carbocycles. The molecule has 0 spiro atoms. The van der Waals surface area contributed by atoms with E-state index < -0.39 is 30.1 Å². The minimum absolute atomic E-state index is 0.142. The lowest BCUT2D eigenvalue weighted by molar-refractivity contribution is -0.240. The van der Waals surface area contributed by atoms with Crippen LogP contribution in [-0.4, -0.2) is 50.1 Å². The van der Waals surface area contributed by atoms with Crippen LogP contribution in [0.1, 0.15) is 49.0 Å². The van der Waals surface area contributed by atoms with Crippen molar-refractivity contribution in [1.29, 1.82) is 0 Å². The second-order valence-electron chi connectivity index (χ2n) is 5.66. The molecular weight excluding hydrogens is 292 g/mol. The summed E-state index contributed by atoms with van der Waals surface area (Å²) in [5, 5.41) is 14.3. The first kappa shape index (κ1) is 15.1. The lowest BCUT2D eigenvalue weighted by atomic mass is 10.1. The van der Waals surface area contributed by atoms with Crippen molar-refractivity contribution in [3.63, 3.8) is 0 Å². The van der Waals surface area contributed by atoms with Crippen LogP contribution in [0.3, 0.4) is 0 Å². The first-order valence-electron chi connectivity index (χ1n) is 7.23. The van der Waals surface area contributed by atoms with E-state index in [9.17, 15) is 14.7 Å². The Hall–Kier alpha value is -1.84. The fraction of sp³-hybridized carbons (Fsp3) is 0.692. The molecule has 3 atom stereocenters. The molecule has 9 heteroatoms. The standard InChI is InChI=1S/C13H18N4O5/c14-10(19)11-15-7-17(16-11)12-9(5-8(6-18)21-12)22-13(20)3-1-2-4-13/h6-9,12,20H,1-5H2,(H2,14,19)/t8-,9+,12+/m0/s1. The molecule has 9 nitrogen and oxygen atoms in total. The summed E-state index contributed by atoms with van der Waals surface area (Å²) in [6, 6.07) is 0. The van der Waals surface area contributed by atoms with Gasteiger partial charge in [-0.25, -0.2) is 9.67 Å². The van der Waals surface area contributed by atoms with Crippen molar-refractivity contribution in [2.45, 2.75) is 56.3 Å². The van der Waals surface area contributed by atoms with Crippen LogP contribution >= 0.6 is 0 Å². The Morgan fingerprint density at radius 3 is 2.86 bits per heavy atom. The fourth-order valence-electron chi connectivity index (χ4n) is 2.93. The van der Waals surface area contributed by atoms with E-state index in [4.69, 9.17) is 15.2 Å². The molecule has 1 aliphatic carbocycles. The van der Waals surface area contributed by atoms with Crippen molar-refractivity contribution in [2.75, 3.05) is 0 Å². The quantitative estimate of drug-likeness (QED) is 0.554. The van der Waals surface area contributed by atoms with Crippen LogP contribution in [-0.2, 0) is 14.3 Å². The zero-order chi connectivity index (χ0) is 15.7. The summed E-state index contributed by atoms with van der Waals surface area (Å²) in [5.41, 5.74) is 5.12. The molecule has 1 saturated heterocycles. The van der Waals surface area contributed by atoms with Gasteiger partial charge in [-0.2, -0.15) is 0 Å². The molecule has 1 aromatic rings. The van der Waals surface area contributed by atoms with Crippen LogP contribution in [0.5, 0.6) is 0 Å². The summed E-state index contributed by atoms with van der Waals surface area (Å²) in [7, 11) is 0. The SMILES string of the molecule is NC(=O)c1ncn([C@@H]2O[C@H](C=O)C[C@H]2OC2(O)CCCC2)n1. The lowest BCUT2D eigenvalue weighted by Crippen LogP contribution is -2.36. The van der Waals surface area contributed by atoms with Crippen molar-refractivity contribution >= 4 is 12.2 Å². The Labute approximate surface area is 126 Å². The molecule has 3 N–H and O–H groups in total. The van der Waals surface area contributed by atoms with Crippen LogP contribution in [0, 0.1) is 0 Å². The van der Waals surface area contributed by atoms with E-state index in [-0.39, 0.29) is 5.82 Å². The number of nitrogens with two attached hydrogens (primary N) is 1. The van der Waals surface area contributed by atoms with Gasteiger partial charge in [0.2, 0.25) is 5.82 Å². The highest BCUT2D eigenvalue weighted by molar-refractivity contribution is 5.88. The van der Waals surface area contributed by atoms with Crippen molar-refractivity contribution in [2.24, 2.45) is 5.73 Å². The predicted molar refractivity (Wildman–Crippen MR) is 71.4 cm³/mol. The first-order chi connectivity index (χ1) is 10.5. The summed E-state index contributed by atoms with van der Waals surface area (Å²) in [5.74, 6) is -2.09. The maximum Gasteiger partial charge on any atom is 0.288 e. The van der Waals surface area contributed by atoms with E-state index >= 15 is 0 Å². The maximum absolute atomic E-state index is 11.1. The van der Waals surface area contributed by atoms with Gasteiger partial charge >= 0.3 is 0 Å². The number of hydrogen-bond acceptors (Lipinski definition) is 7. The minimum Gasteiger partial charge on any atom is -0.365 e. The smallest absolute Gasteiger partial charge is 0.288 e. The monoisotopic (exact) mass is 310 g/mol. The Kier molecular flexibility index (Phi) is 3.94. The highest BCUT2D eigenvalue weighted by atomic mass is 16.7. The summed E-state index contributed by atoms with van der Waals surface area (Å²) in [4.78, 5) is 25.9. The Bertz CT molecular complexity index is 569. The molecule has 0 unspecified atom stereocenters. The number of aldehydes is 1. The average molecular weight is 310 g/mol. The number of carbonyl (C=O) groups is 2. The van der Waals surface area contributed by atoms with Crippen molar-refractivity contribution in [3.8, 4) is 0 Å². The number of aliphatic hydroxyl groups is 1. The third-order valence-corrected chi connectivity index (χ3v) is 3.99. The number of nitrogens with zero attached hydrogens (tertiary/aromatic N) is 3. The Morgan fingerprint density at radius 2 is 2.27 bits per heavy atom. The molecule has 3 rings (SSSR count). The van der Waals surface area contributed by atoms with Gasteiger partial charge in [0, 0.05) is 19.3 Å². The van der Waals surface area contributed by atoms with Gasteiger partial charge in [0.25, 0.3) is 5.91 Å². The molecular formula is C13H18N4O5. The molecule has 1 amide bonds. The van der Waals surface area contributed by atoms with Gasteiger partial charge < -0.3 is 25.1 Å². The summed E-state index contributed by atoms with van der Waals surface area (Å²) in [6.45, 7) is 0. The van der Waals surface area contributed by atoms with Gasteiger partial charge in [0.1, 0.15) is 24.8 Å². The largest absolute Gasteiger partial charge is 0.365 e. The predicted octanol–water partition coefficient (Wildman–Crippen LogP) is -0.489. The van der Waals surface area contributed by atoms with Gasteiger partial charge in [-0.1, -0.05) is 0 Å². The third-order valence-electron chi connectivity index (χ3n) is 3.99. The lowest BCUT2D eigenvalue weighted by Gasteiger charge is -2.29. The van der Waals surface area contributed by atoms with Gasteiger partial charge in [0.15, 0.2) is 12.0 Å². The molecule has 1 aromatic heterocycles. The number of amides is 1. The fourth-order valence-corrected chi connectivity index (χ4v) is 2.93. The van der Waals surface area contributed by atoms with Crippen LogP contribution in [0.4, 0.5) is 0 Å². The summed E-state index contributed by atoms with van der Waals surface area (Å²) < 4.78 is 12.7. The van der Waals surface area contributed by atoms with E-state index in [0.717, 1.165) is 12.8 Å². The second-order valence-corrected chi connectivity index (χ2v) is 5.66. The molecule has 2 aliphatic rings. The Balaban J connectivity index is 1.79. The molecule has 22 heavy (non-hydrogen) atoms. The number of rotatable bonds is 5. The highest BCUT2D eigenvalue weighted by Gasteiger charge is 2.44. The van der Waals surface area contributed by atoms with Crippen LogP contribution in [0.15, 0.2) is 6.33 Å². The second kappa shape index (κ2) is 5.75. The zero-order valence-corrected chi connectivity index (χ0v) is 11.9. The Morgan fingerprint density at radius 1 is 1.55 bits per heavy atom. The molecule has 0 bridgehead atoms. The van der Waals surface area contributed by atoms with E-state index in [1.54, 1.807) is 0 Å². The van der Waals surface area contributed by atoms with Crippen LogP contribution in [0.2, 0.25) is 0 Å². The first-order valence-corrected chi connectivity index (χ1v) is 7.23. The van der Waals surface area contributed by atoms with Crippen LogP contribution < -0.4 is 5.73 Å². The molecule has 120 valence electrons. The van der Waals surface area contributed by atoms with E-state index in [2.05, 4.69) is 10.1 Å². The average Bonchev–Trinajstić information content (AvgIpc) is 3.18. The molecule has 2 fully saturated rings. The van der Waals surface area contributed by atoms with E-state index in [1.165, 1.54) is 11.0 Å². The number of hydrogen-bond donors (Lipinski definition) is 2. The number of carbonyl (C=O) groups excluding carboxylic acids is 2. The van der Waals surface area contributed by atoms with E-state index in [0.29, 0.717) is 25.5 Å². The summed E-state index contributed by atoms with van der Waals surface area (Å²) >= 11 is 0. The summed E-state index contributed by atoms with van der Waals surface area (Å²) in [6.07, 6.45) is 3.22. The minimum atomic E-state index is -1.20.